The summed E-state index contributed by atoms with van der Waals surface area (Å²) in [4.78, 5) is 25.0. The number of phosphoric ester groups is 1. The van der Waals surface area contributed by atoms with Gasteiger partial charge in [-0.05, 0) is 57.8 Å². The van der Waals surface area contributed by atoms with Gasteiger partial charge in [0.1, 0.15) is 13.2 Å². The molecule has 0 bridgehead atoms. The van der Waals surface area contributed by atoms with E-state index in [1.54, 1.807) is 6.08 Å². The third kappa shape index (κ3) is 29.2. The fourth-order valence-electron chi connectivity index (χ4n) is 4.17. The number of aliphatic hydroxyl groups excluding tert-OH is 1. The molecule has 2 N–H and O–H groups in total. The summed E-state index contributed by atoms with van der Waals surface area (Å²) in [5.74, 6) is -0.230. The van der Waals surface area contributed by atoms with Gasteiger partial charge < -0.3 is 28.8 Å². The van der Waals surface area contributed by atoms with E-state index in [0.717, 1.165) is 77.0 Å². The highest BCUT2D eigenvalue weighted by Crippen LogP contribution is 2.38. The van der Waals surface area contributed by atoms with Crippen LogP contribution in [0.5, 0.6) is 0 Å². The predicted molar refractivity (Wildman–Crippen MR) is 182 cm³/mol. The smallest absolute Gasteiger partial charge is 0.268 e. The quantitative estimate of drug-likeness (QED) is 0.0378. The molecule has 1 amide bonds. The zero-order chi connectivity index (χ0) is 32.9. The first-order valence-electron chi connectivity index (χ1n) is 17.0. The topological polar surface area (TPSA) is 108 Å². The van der Waals surface area contributed by atoms with E-state index in [-0.39, 0.29) is 12.5 Å². The van der Waals surface area contributed by atoms with Gasteiger partial charge in [-0.25, -0.2) is 0 Å². The van der Waals surface area contributed by atoms with Crippen LogP contribution in [-0.2, 0) is 18.4 Å². The molecule has 0 saturated heterocycles. The van der Waals surface area contributed by atoms with Crippen LogP contribution in [0.2, 0.25) is 0 Å². The Morgan fingerprint density at radius 1 is 0.773 bits per heavy atom. The van der Waals surface area contributed by atoms with Gasteiger partial charge in [-0.1, -0.05) is 101 Å². The van der Waals surface area contributed by atoms with Crippen molar-refractivity contribution in [3.63, 3.8) is 0 Å². The molecule has 9 heteroatoms. The van der Waals surface area contributed by atoms with Crippen molar-refractivity contribution >= 4 is 13.7 Å². The lowest BCUT2D eigenvalue weighted by Crippen LogP contribution is -2.45. The molecule has 0 aromatic heterocycles. The second-order valence-corrected chi connectivity index (χ2v) is 13.9. The molecule has 0 aliphatic carbocycles. The molecule has 0 radical (unpaired) electrons. The summed E-state index contributed by atoms with van der Waals surface area (Å²) >= 11 is 0. The highest BCUT2D eigenvalue weighted by atomic mass is 31.2. The number of rotatable bonds is 29. The van der Waals surface area contributed by atoms with Gasteiger partial charge >= 0.3 is 0 Å². The van der Waals surface area contributed by atoms with E-state index in [1.165, 1.54) is 19.3 Å². The minimum absolute atomic E-state index is 0.0125. The van der Waals surface area contributed by atoms with Gasteiger partial charge in [-0.3, -0.25) is 9.36 Å². The lowest BCUT2D eigenvalue weighted by Gasteiger charge is -2.29. The number of allylic oxidation sites excluding steroid dienone is 7. The largest absolute Gasteiger partial charge is 0.756 e. The molecule has 0 aromatic rings. The maximum atomic E-state index is 12.7. The fourth-order valence-corrected chi connectivity index (χ4v) is 4.89. The third-order valence-corrected chi connectivity index (χ3v) is 7.93. The van der Waals surface area contributed by atoms with Crippen molar-refractivity contribution in [3.8, 4) is 0 Å². The van der Waals surface area contributed by atoms with Crippen LogP contribution in [0, 0.1) is 0 Å². The Kier molecular flexibility index (Phi) is 26.8. The predicted octanol–water partition coefficient (Wildman–Crippen LogP) is 7.55. The van der Waals surface area contributed by atoms with Crippen LogP contribution in [-0.4, -0.2) is 68.5 Å². The number of hydrogen-bond acceptors (Lipinski definition) is 6. The number of aliphatic hydroxyl groups is 1. The number of nitrogens with zero attached hydrogens (tertiary/aromatic N) is 1. The van der Waals surface area contributed by atoms with Crippen LogP contribution >= 0.6 is 7.82 Å². The van der Waals surface area contributed by atoms with Gasteiger partial charge in [0.25, 0.3) is 7.82 Å². The Labute approximate surface area is 269 Å². The molecule has 0 fully saturated rings. The Morgan fingerprint density at radius 3 is 1.93 bits per heavy atom. The Balaban J connectivity index is 4.74. The molecule has 0 aliphatic heterocycles. The van der Waals surface area contributed by atoms with Gasteiger partial charge in [-0.15, -0.1) is 0 Å². The molecular weight excluding hydrogens is 575 g/mol. The molecule has 8 nitrogen and oxygen atoms in total. The number of phosphoric acid groups is 1. The van der Waals surface area contributed by atoms with Crippen LogP contribution in [0.3, 0.4) is 0 Å². The van der Waals surface area contributed by atoms with Crippen molar-refractivity contribution in [1.29, 1.82) is 0 Å². The average molecular weight is 641 g/mol. The molecule has 0 saturated carbocycles. The molecule has 0 rings (SSSR count). The first-order valence-corrected chi connectivity index (χ1v) is 18.5. The first-order chi connectivity index (χ1) is 21.0. The number of quaternary nitrogens is 1. The van der Waals surface area contributed by atoms with Gasteiger partial charge in [0, 0.05) is 6.42 Å². The molecule has 0 aliphatic rings. The van der Waals surface area contributed by atoms with Crippen LogP contribution in [0.4, 0.5) is 0 Å². The number of hydrogen-bond donors (Lipinski definition) is 2. The maximum absolute atomic E-state index is 12.7. The van der Waals surface area contributed by atoms with E-state index in [0.29, 0.717) is 17.4 Å². The van der Waals surface area contributed by atoms with Crippen molar-refractivity contribution in [1.82, 2.24) is 5.32 Å². The Morgan fingerprint density at radius 2 is 1.32 bits per heavy atom. The second-order valence-electron chi connectivity index (χ2n) is 12.5. The van der Waals surface area contributed by atoms with Crippen molar-refractivity contribution in [2.45, 2.75) is 129 Å². The molecular formula is C35H65N2O6P. The molecule has 0 aromatic carbocycles. The molecule has 3 unspecified atom stereocenters. The van der Waals surface area contributed by atoms with Crippen LogP contribution in [0.25, 0.3) is 0 Å². The molecule has 0 spiro atoms. The monoisotopic (exact) mass is 640 g/mol. The summed E-state index contributed by atoms with van der Waals surface area (Å²) in [6.07, 6.45) is 31.6. The van der Waals surface area contributed by atoms with Crippen LogP contribution in [0.1, 0.15) is 117 Å². The zero-order valence-electron chi connectivity index (χ0n) is 28.6. The van der Waals surface area contributed by atoms with Gasteiger partial charge in [0.15, 0.2) is 0 Å². The number of carbonyl (C=O) groups excluding carboxylic acids is 1. The minimum atomic E-state index is -4.59. The lowest BCUT2D eigenvalue weighted by atomic mass is 10.1. The standard InChI is InChI=1S/C35H65N2O6P/c1-6-8-10-12-14-16-18-19-20-22-24-26-28-34(38)33(32-43-44(40,41)42-31-30-37(3,4)5)36-35(39)29-27-25-23-21-17-15-13-11-9-7-2/h11-14,19-20,26,28,33-34,38H,6-10,15-18,21-25,27,29-32H2,1-5H3,(H-,36,39,40,41)/b13-11-,14-12+,20-19+,28-26+. The summed E-state index contributed by atoms with van der Waals surface area (Å²) in [6, 6.07) is -0.909. The van der Waals surface area contributed by atoms with Crippen molar-refractivity contribution < 1.29 is 32.9 Å². The number of likely N-dealkylation sites (N-methyl/N-ethyl adjacent to an activating group) is 1. The summed E-state index contributed by atoms with van der Waals surface area (Å²) in [5.41, 5.74) is 0. The molecule has 3 atom stereocenters. The van der Waals surface area contributed by atoms with E-state index in [9.17, 15) is 19.4 Å². The second kappa shape index (κ2) is 27.7. The van der Waals surface area contributed by atoms with Crippen LogP contribution in [0.15, 0.2) is 48.6 Å². The van der Waals surface area contributed by atoms with E-state index in [2.05, 4.69) is 55.6 Å². The normalized spacial score (nSPS) is 15.5. The summed E-state index contributed by atoms with van der Waals surface area (Å²) < 4.78 is 22.9. The summed E-state index contributed by atoms with van der Waals surface area (Å²) in [6.45, 7) is 4.44. The summed E-state index contributed by atoms with van der Waals surface area (Å²) in [5, 5.41) is 13.6. The highest BCUT2D eigenvalue weighted by molar-refractivity contribution is 7.45. The summed E-state index contributed by atoms with van der Waals surface area (Å²) in [7, 11) is 1.21. The number of nitrogens with one attached hydrogen (secondary N) is 1. The molecule has 0 heterocycles. The van der Waals surface area contributed by atoms with E-state index >= 15 is 0 Å². The van der Waals surface area contributed by atoms with Crippen molar-refractivity contribution in [3.05, 3.63) is 48.6 Å². The maximum Gasteiger partial charge on any atom is 0.268 e. The van der Waals surface area contributed by atoms with E-state index in [1.807, 2.05) is 27.2 Å². The average Bonchev–Trinajstić information content (AvgIpc) is 2.95. The first kappa shape index (κ1) is 42.5. The number of unbranched alkanes of at least 4 members (excludes halogenated alkanes) is 10. The minimum Gasteiger partial charge on any atom is -0.756 e. The van der Waals surface area contributed by atoms with E-state index < -0.39 is 26.6 Å². The third-order valence-electron chi connectivity index (χ3n) is 6.97. The Bertz CT molecular complexity index is 866. The highest BCUT2D eigenvalue weighted by Gasteiger charge is 2.23. The number of carbonyl (C=O) groups is 1. The van der Waals surface area contributed by atoms with Gasteiger partial charge in [0.2, 0.25) is 5.91 Å². The van der Waals surface area contributed by atoms with Crippen molar-refractivity contribution in [2.75, 3.05) is 40.9 Å². The van der Waals surface area contributed by atoms with E-state index in [4.69, 9.17) is 9.05 Å². The van der Waals surface area contributed by atoms with Gasteiger partial charge in [-0.2, -0.15) is 0 Å². The van der Waals surface area contributed by atoms with Crippen LogP contribution < -0.4 is 10.2 Å². The number of amides is 1. The fraction of sp³-hybridized carbons (Fsp3) is 0.743. The SMILES string of the molecule is CCC/C=C\CCCCCCCC(=O)NC(COP(=O)([O-])OCC[N+](C)(C)C)C(O)/C=C/CC/C=C/CC/C=C/CCCC. The molecule has 44 heavy (non-hydrogen) atoms. The lowest BCUT2D eigenvalue weighted by molar-refractivity contribution is -0.870. The Hall–Kier alpha value is -1.54. The molecule has 256 valence electrons. The van der Waals surface area contributed by atoms with Gasteiger partial charge in [0.05, 0.1) is 39.9 Å². The zero-order valence-corrected chi connectivity index (χ0v) is 29.5. The van der Waals surface area contributed by atoms with Crippen molar-refractivity contribution in [2.24, 2.45) is 0 Å².